The number of hydrogen-bond donors (Lipinski definition) is 4. The molecule has 4 rings (SSSR count). The van der Waals surface area contributed by atoms with E-state index >= 15 is 0 Å². The summed E-state index contributed by atoms with van der Waals surface area (Å²) in [4.78, 5) is 12.5. The van der Waals surface area contributed by atoms with Crippen molar-refractivity contribution in [2.75, 3.05) is 11.9 Å². The van der Waals surface area contributed by atoms with Gasteiger partial charge in [-0.3, -0.25) is 10.2 Å². The standard InChI is InChI=1S/C28H30N4O2/c1-28(2,3)20-11-14-23-19(17-20)15-16-31-27(32-23)24(26(30)33)25(29)18-9-12-22(13-10-18)34-21-7-5-4-6-8-21/h4-14,17,29,31-32H,15-16H2,1-3H3,(H2,30,33)/b27-24-,29-25?. The van der Waals surface area contributed by atoms with Crippen LogP contribution < -0.4 is 21.1 Å². The highest BCUT2D eigenvalue weighted by atomic mass is 16.5. The zero-order valence-electron chi connectivity index (χ0n) is 19.7. The van der Waals surface area contributed by atoms with E-state index in [-0.39, 0.29) is 16.7 Å². The van der Waals surface area contributed by atoms with Crippen LogP contribution in [0.25, 0.3) is 0 Å². The number of para-hydroxylation sites is 1. The predicted octanol–water partition coefficient (Wildman–Crippen LogP) is 5.10. The van der Waals surface area contributed by atoms with Crippen molar-refractivity contribution in [3.8, 4) is 11.5 Å². The first-order chi connectivity index (χ1) is 16.2. The molecule has 34 heavy (non-hydrogen) atoms. The third kappa shape index (κ3) is 5.12. The number of carbonyl (C=O) groups is 1. The van der Waals surface area contributed by atoms with Crippen LogP contribution in [0.3, 0.4) is 0 Å². The Kier molecular flexibility index (Phi) is 6.41. The summed E-state index contributed by atoms with van der Waals surface area (Å²) in [6, 6.07) is 22.9. The normalized spacial score (nSPS) is 14.7. The summed E-state index contributed by atoms with van der Waals surface area (Å²) in [6.45, 7) is 7.18. The van der Waals surface area contributed by atoms with Crippen LogP contribution >= 0.6 is 0 Å². The van der Waals surface area contributed by atoms with Crippen LogP contribution in [-0.2, 0) is 16.6 Å². The Morgan fingerprint density at radius 2 is 1.65 bits per heavy atom. The molecule has 1 amide bonds. The van der Waals surface area contributed by atoms with Crippen molar-refractivity contribution in [1.82, 2.24) is 5.32 Å². The Morgan fingerprint density at radius 1 is 0.971 bits per heavy atom. The fraction of sp³-hybridized carbons (Fsp3) is 0.214. The molecule has 0 unspecified atom stereocenters. The number of rotatable bonds is 5. The van der Waals surface area contributed by atoms with Gasteiger partial charge >= 0.3 is 0 Å². The summed E-state index contributed by atoms with van der Waals surface area (Å²) in [7, 11) is 0. The van der Waals surface area contributed by atoms with E-state index in [1.54, 1.807) is 24.3 Å². The van der Waals surface area contributed by atoms with Gasteiger partial charge in [-0.1, -0.05) is 51.1 Å². The molecule has 6 nitrogen and oxygen atoms in total. The number of amides is 1. The quantitative estimate of drug-likeness (QED) is 0.318. The smallest absolute Gasteiger partial charge is 0.254 e. The zero-order chi connectivity index (χ0) is 24.3. The third-order valence-electron chi connectivity index (χ3n) is 5.80. The number of ether oxygens (including phenoxy) is 1. The minimum Gasteiger partial charge on any atom is -0.457 e. The summed E-state index contributed by atoms with van der Waals surface area (Å²) < 4.78 is 5.83. The third-order valence-corrected chi connectivity index (χ3v) is 5.80. The molecule has 3 aromatic rings. The summed E-state index contributed by atoms with van der Waals surface area (Å²) >= 11 is 0. The highest BCUT2D eigenvalue weighted by molar-refractivity contribution is 6.27. The molecule has 0 fully saturated rings. The van der Waals surface area contributed by atoms with Crippen molar-refractivity contribution in [2.45, 2.75) is 32.6 Å². The average molecular weight is 455 g/mol. The van der Waals surface area contributed by atoms with Crippen LogP contribution in [-0.4, -0.2) is 18.2 Å². The maximum Gasteiger partial charge on any atom is 0.254 e. The van der Waals surface area contributed by atoms with Crippen LogP contribution in [0.1, 0.15) is 37.5 Å². The Morgan fingerprint density at radius 3 is 2.29 bits per heavy atom. The average Bonchev–Trinajstić information content (AvgIpc) is 3.01. The monoisotopic (exact) mass is 454 g/mol. The van der Waals surface area contributed by atoms with Gasteiger partial charge in [-0.2, -0.15) is 0 Å². The summed E-state index contributed by atoms with van der Waals surface area (Å²) in [5, 5.41) is 15.3. The molecule has 0 bridgehead atoms. The SMILES string of the molecule is CC(C)(C)c1ccc2c(c1)CCN/C(=C(\C(=N)c1ccc(Oc3ccccc3)cc1)C(N)=O)N2. The van der Waals surface area contributed by atoms with Gasteiger partial charge in [-0.25, -0.2) is 0 Å². The van der Waals surface area contributed by atoms with E-state index in [2.05, 4.69) is 43.5 Å². The lowest BCUT2D eigenvalue weighted by Crippen LogP contribution is -2.30. The lowest BCUT2D eigenvalue weighted by atomic mass is 9.85. The number of anilines is 1. The minimum atomic E-state index is -0.667. The fourth-order valence-corrected chi connectivity index (χ4v) is 3.87. The molecule has 174 valence electrons. The van der Waals surface area contributed by atoms with Gasteiger partial charge in [-0.15, -0.1) is 0 Å². The number of benzene rings is 3. The molecular weight excluding hydrogens is 424 g/mol. The van der Waals surface area contributed by atoms with Gasteiger partial charge < -0.3 is 21.1 Å². The molecular formula is C28H30N4O2. The number of primary amides is 1. The number of hydrogen-bond acceptors (Lipinski definition) is 5. The molecule has 1 heterocycles. The number of nitrogens with one attached hydrogen (secondary N) is 3. The molecule has 0 spiro atoms. The molecule has 1 aliphatic heterocycles. The molecule has 3 aromatic carbocycles. The van der Waals surface area contributed by atoms with Crippen molar-refractivity contribution < 1.29 is 9.53 Å². The van der Waals surface area contributed by atoms with E-state index in [1.165, 1.54) is 5.56 Å². The minimum absolute atomic E-state index is 0.0449. The van der Waals surface area contributed by atoms with Crippen LogP contribution in [0.15, 0.2) is 84.2 Å². The van der Waals surface area contributed by atoms with E-state index in [4.69, 9.17) is 15.9 Å². The van der Waals surface area contributed by atoms with Gasteiger partial charge in [0.05, 0.1) is 5.71 Å². The largest absolute Gasteiger partial charge is 0.457 e. The van der Waals surface area contributed by atoms with Crippen molar-refractivity contribution in [3.05, 3.63) is 101 Å². The first kappa shape index (κ1) is 23.1. The summed E-state index contributed by atoms with van der Waals surface area (Å²) in [5.74, 6) is 1.15. The van der Waals surface area contributed by atoms with E-state index < -0.39 is 5.91 Å². The summed E-state index contributed by atoms with van der Waals surface area (Å²) in [5.41, 5.74) is 9.84. The van der Waals surface area contributed by atoms with E-state index in [0.29, 0.717) is 23.7 Å². The second-order valence-electron chi connectivity index (χ2n) is 9.35. The Hall–Kier alpha value is -4.06. The van der Waals surface area contributed by atoms with E-state index in [1.807, 2.05) is 36.4 Å². The van der Waals surface area contributed by atoms with Gasteiger partial charge in [-0.05, 0) is 65.4 Å². The molecule has 0 atom stereocenters. The van der Waals surface area contributed by atoms with E-state index in [0.717, 1.165) is 23.4 Å². The molecule has 5 N–H and O–H groups in total. The molecule has 0 saturated carbocycles. The van der Waals surface area contributed by atoms with Gasteiger partial charge in [0.1, 0.15) is 22.9 Å². The highest BCUT2D eigenvalue weighted by Gasteiger charge is 2.23. The Bertz CT molecular complexity index is 1240. The number of nitrogens with two attached hydrogens (primary N) is 1. The zero-order valence-corrected chi connectivity index (χ0v) is 19.7. The van der Waals surface area contributed by atoms with Crippen LogP contribution in [0.2, 0.25) is 0 Å². The van der Waals surface area contributed by atoms with Crippen LogP contribution in [0.5, 0.6) is 11.5 Å². The maximum absolute atomic E-state index is 12.5. The Labute approximate surface area is 200 Å². The van der Waals surface area contributed by atoms with Gasteiger partial charge in [0, 0.05) is 17.8 Å². The molecule has 0 radical (unpaired) electrons. The second-order valence-corrected chi connectivity index (χ2v) is 9.35. The van der Waals surface area contributed by atoms with Crippen molar-refractivity contribution in [1.29, 1.82) is 5.41 Å². The topological polar surface area (TPSA) is 100 Å². The molecule has 0 aromatic heterocycles. The predicted molar refractivity (Wildman–Crippen MR) is 136 cm³/mol. The van der Waals surface area contributed by atoms with Crippen molar-refractivity contribution >= 4 is 17.3 Å². The molecule has 0 aliphatic carbocycles. The fourth-order valence-electron chi connectivity index (χ4n) is 3.87. The molecule has 6 heteroatoms. The lowest BCUT2D eigenvalue weighted by molar-refractivity contribution is -0.114. The summed E-state index contributed by atoms with van der Waals surface area (Å²) in [6.07, 6.45) is 0.792. The van der Waals surface area contributed by atoms with Gasteiger partial charge in [0.25, 0.3) is 5.91 Å². The van der Waals surface area contributed by atoms with Gasteiger partial charge in [0.15, 0.2) is 0 Å². The maximum atomic E-state index is 12.5. The highest BCUT2D eigenvalue weighted by Crippen LogP contribution is 2.29. The van der Waals surface area contributed by atoms with E-state index in [9.17, 15) is 4.79 Å². The number of fused-ring (bicyclic) bond motifs is 1. The second kappa shape index (κ2) is 9.43. The first-order valence-electron chi connectivity index (χ1n) is 11.3. The van der Waals surface area contributed by atoms with Crippen molar-refractivity contribution in [2.24, 2.45) is 5.73 Å². The Balaban J connectivity index is 1.61. The van der Waals surface area contributed by atoms with Gasteiger partial charge in [0.2, 0.25) is 0 Å². The van der Waals surface area contributed by atoms with Crippen LogP contribution in [0, 0.1) is 5.41 Å². The molecule has 1 aliphatic rings. The first-order valence-corrected chi connectivity index (χ1v) is 11.3. The molecule has 0 saturated heterocycles. The number of carbonyl (C=O) groups excluding carboxylic acids is 1. The van der Waals surface area contributed by atoms with Crippen molar-refractivity contribution in [3.63, 3.8) is 0 Å². The van der Waals surface area contributed by atoms with Crippen LogP contribution in [0.4, 0.5) is 5.69 Å². The lowest BCUT2D eigenvalue weighted by Gasteiger charge is -2.21.